The maximum Gasteiger partial charge on any atom is 0.255 e. The van der Waals surface area contributed by atoms with Gasteiger partial charge in [0.2, 0.25) is 0 Å². The quantitative estimate of drug-likeness (QED) is 0.712. The molecule has 0 aliphatic carbocycles. The van der Waals surface area contributed by atoms with Gasteiger partial charge in [0.25, 0.3) is 5.89 Å². The molecule has 2 aromatic rings. The van der Waals surface area contributed by atoms with Crippen LogP contribution in [-0.4, -0.2) is 9.97 Å². The highest BCUT2D eigenvalue weighted by molar-refractivity contribution is 7.14. The van der Waals surface area contributed by atoms with Gasteiger partial charge >= 0.3 is 0 Å². The molecule has 0 atom stereocenters. The van der Waals surface area contributed by atoms with Crippen LogP contribution in [0.4, 0.5) is 0 Å². The van der Waals surface area contributed by atoms with Crippen molar-refractivity contribution in [2.24, 2.45) is 0 Å². The van der Waals surface area contributed by atoms with Crippen LogP contribution in [0, 0.1) is 0 Å². The van der Waals surface area contributed by atoms with Crippen LogP contribution in [0.5, 0.6) is 0 Å². The van der Waals surface area contributed by atoms with Gasteiger partial charge in [0.15, 0.2) is 5.01 Å². The molecule has 2 aromatic heterocycles. The number of oxazole rings is 1. The average molecular weight is 180 g/mol. The zero-order valence-corrected chi connectivity index (χ0v) is 7.47. The predicted octanol–water partition coefficient (Wildman–Crippen LogP) is 2.36. The van der Waals surface area contributed by atoms with Crippen molar-refractivity contribution >= 4 is 11.3 Å². The van der Waals surface area contributed by atoms with Gasteiger partial charge in [0.05, 0.1) is 6.20 Å². The average Bonchev–Trinajstić information content (AvgIpc) is 2.75. The van der Waals surface area contributed by atoms with E-state index < -0.39 is 0 Å². The zero-order chi connectivity index (χ0) is 8.39. The van der Waals surface area contributed by atoms with Gasteiger partial charge in [-0.3, -0.25) is 0 Å². The van der Waals surface area contributed by atoms with Crippen LogP contribution in [0.25, 0.3) is 10.9 Å². The number of nitrogens with zero attached hydrogens (tertiary/aromatic N) is 2. The summed E-state index contributed by atoms with van der Waals surface area (Å²) in [7, 11) is 0. The SMILES string of the molecule is CCc1cnc(-c2ncco2)s1. The van der Waals surface area contributed by atoms with Gasteiger partial charge in [-0.1, -0.05) is 6.92 Å². The van der Waals surface area contributed by atoms with Gasteiger partial charge in [-0.2, -0.15) is 0 Å². The van der Waals surface area contributed by atoms with Crippen LogP contribution in [0.15, 0.2) is 23.1 Å². The number of thiazole rings is 1. The number of aromatic nitrogens is 2. The Balaban J connectivity index is 2.35. The first-order valence-corrected chi connectivity index (χ1v) is 4.56. The Morgan fingerprint density at radius 2 is 2.42 bits per heavy atom. The van der Waals surface area contributed by atoms with E-state index in [1.807, 2.05) is 6.20 Å². The molecule has 4 heteroatoms. The summed E-state index contributed by atoms with van der Waals surface area (Å²) < 4.78 is 5.11. The van der Waals surface area contributed by atoms with Crippen molar-refractivity contribution in [2.45, 2.75) is 13.3 Å². The Labute approximate surface area is 74.1 Å². The Morgan fingerprint density at radius 3 is 3.00 bits per heavy atom. The molecule has 0 aromatic carbocycles. The first-order valence-electron chi connectivity index (χ1n) is 3.74. The minimum Gasteiger partial charge on any atom is -0.443 e. The molecule has 0 saturated carbocycles. The molecule has 0 saturated heterocycles. The second-order valence-corrected chi connectivity index (χ2v) is 3.44. The summed E-state index contributed by atoms with van der Waals surface area (Å²) in [5, 5.41) is 0.858. The fourth-order valence-electron chi connectivity index (χ4n) is 0.899. The molecule has 12 heavy (non-hydrogen) atoms. The number of rotatable bonds is 2. The highest BCUT2D eigenvalue weighted by atomic mass is 32.1. The summed E-state index contributed by atoms with van der Waals surface area (Å²) in [5.74, 6) is 0.611. The van der Waals surface area contributed by atoms with E-state index >= 15 is 0 Å². The lowest BCUT2D eigenvalue weighted by Crippen LogP contribution is -1.70. The van der Waals surface area contributed by atoms with Gasteiger partial charge in [-0.05, 0) is 6.42 Å². The molecular formula is C8H8N2OS. The van der Waals surface area contributed by atoms with Crippen LogP contribution in [0.3, 0.4) is 0 Å². The third-order valence-corrected chi connectivity index (χ3v) is 2.65. The van der Waals surface area contributed by atoms with E-state index in [1.54, 1.807) is 23.8 Å². The van der Waals surface area contributed by atoms with Gasteiger partial charge in [0, 0.05) is 11.1 Å². The topological polar surface area (TPSA) is 38.9 Å². The molecule has 2 rings (SSSR count). The summed E-state index contributed by atoms with van der Waals surface area (Å²) in [4.78, 5) is 9.46. The second-order valence-electron chi connectivity index (χ2n) is 2.32. The van der Waals surface area contributed by atoms with Crippen molar-refractivity contribution in [1.82, 2.24) is 9.97 Å². The molecule has 0 bridgehead atoms. The van der Waals surface area contributed by atoms with E-state index in [9.17, 15) is 0 Å². The van der Waals surface area contributed by atoms with Gasteiger partial charge in [-0.15, -0.1) is 11.3 Å². The third-order valence-electron chi connectivity index (χ3n) is 1.52. The Hall–Kier alpha value is -1.16. The fourth-order valence-corrected chi connectivity index (χ4v) is 1.69. The fraction of sp³-hybridized carbons (Fsp3) is 0.250. The maximum atomic E-state index is 5.11. The molecule has 0 unspecified atom stereocenters. The van der Waals surface area contributed by atoms with Crippen LogP contribution >= 0.6 is 11.3 Å². The molecule has 0 spiro atoms. The lowest BCUT2D eigenvalue weighted by atomic mass is 10.4. The molecular weight excluding hydrogens is 172 g/mol. The maximum absolute atomic E-state index is 5.11. The molecule has 0 aliphatic rings. The lowest BCUT2D eigenvalue weighted by Gasteiger charge is -1.83. The minimum atomic E-state index is 0.611. The Bertz CT molecular complexity index is 353. The molecule has 3 nitrogen and oxygen atoms in total. The Kier molecular flexibility index (Phi) is 1.91. The van der Waals surface area contributed by atoms with Gasteiger partial charge in [0.1, 0.15) is 6.26 Å². The molecule has 0 aliphatic heterocycles. The van der Waals surface area contributed by atoms with Crippen molar-refractivity contribution in [3.8, 4) is 10.9 Å². The molecule has 2 heterocycles. The van der Waals surface area contributed by atoms with E-state index in [2.05, 4.69) is 16.9 Å². The van der Waals surface area contributed by atoms with Crippen molar-refractivity contribution < 1.29 is 4.42 Å². The summed E-state index contributed by atoms with van der Waals surface area (Å²) in [6, 6.07) is 0. The summed E-state index contributed by atoms with van der Waals surface area (Å²) in [6.45, 7) is 2.10. The number of hydrogen-bond donors (Lipinski definition) is 0. The smallest absolute Gasteiger partial charge is 0.255 e. The lowest BCUT2D eigenvalue weighted by molar-refractivity contribution is 0.574. The molecule has 0 radical (unpaired) electrons. The molecule has 62 valence electrons. The van der Waals surface area contributed by atoms with Crippen molar-refractivity contribution in [3.05, 3.63) is 23.5 Å². The molecule has 0 fully saturated rings. The normalized spacial score (nSPS) is 10.4. The predicted molar refractivity (Wildman–Crippen MR) is 47.0 cm³/mol. The highest BCUT2D eigenvalue weighted by Crippen LogP contribution is 2.23. The zero-order valence-electron chi connectivity index (χ0n) is 6.65. The summed E-state index contributed by atoms with van der Waals surface area (Å²) in [5.41, 5.74) is 0. The first kappa shape index (κ1) is 7.49. The van der Waals surface area contributed by atoms with E-state index in [1.165, 1.54) is 4.88 Å². The number of aryl methyl sites for hydroxylation is 1. The third kappa shape index (κ3) is 1.25. The largest absolute Gasteiger partial charge is 0.443 e. The molecule has 0 amide bonds. The van der Waals surface area contributed by atoms with Gasteiger partial charge < -0.3 is 4.42 Å². The van der Waals surface area contributed by atoms with Crippen molar-refractivity contribution in [1.29, 1.82) is 0 Å². The summed E-state index contributed by atoms with van der Waals surface area (Å²) in [6.07, 6.45) is 6.06. The van der Waals surface area contributed by atoms with E-state index in [-0.39, 0.29) is 0 Å². The Morgan fingerprint density at radius 1 is 1.50 bits per heavy atom. The number of hydrogen-bond acceptors (Lipinski definition) is 4. The molecule has 0 N–H and O–H groups in total. The highest BCUT2D eigenvalue weighted by Gasteiger charge is 2.06. The van der Waals surface area contributed by atoms with Crippen LogP contribution in [0.1, 0.15) is 11.8 Å². The minimum absolute atomic E-state index is 0.611. The van der Waals surface area contributed by atoms with E-state index in [0.29, 0.717) is 5.89 Å². The van der Waals surface area contributed by atoms with Crippen molar-refractivity contribution in [2.75, 3.05) is 0 Å². The second kappa shape index (κ2) is 3.06. The van der Waals surface area contributed by atoms with E-state index in [4.69, 9.17) is 4.42 Å². The standard InChI is InChI=1S/C8H8N2OS/c1-2-6-5-10-8(12-6)7-9-3-4-11-7/h3-5H,2H2,1H3. The van der Waals surface area contributed by atoms with E-state index in [0.717, 1.165) is 11.4 Å². The van der Waals surface area contributed by atoms with Crippen LogP contribution in [0.2, 0.25) is 0 Å². The summed E-state index contributed by atoms with van der Waals surface area (Å²) >= 11 is 1.62. The monoisotopic (exact) mass is 180 g/mol. The van der Waals surface area contributed by atoms with Crippen molar-refractivity contribution in [3.63, 3.8) is 0 Å². The van der Waals surface area contributed by atoms with Crippen LogP contribution in [-0.2, 0) is 6.42 Å². The van der Waals surface area contributed by atoms with Gasteiger partial charge in [-0.25, -0.2) is 9.97 Å². The van der Waals surface area contributed by atoms with Crippen LogP contribution < -0.4 is 0 Å². The first-order chi connectivity index (χ1) is 5.90.